The van der Waals surface area contributed by atoms with E-state index in [-0.39, 0.29) is 5.82 Å². The molecule has 0 bridgehead atoms. The monoisotopic (exact) mass is 237 g/mol. The summed E-state index contributed by atoms with van der Waals surface area (Å²) in [5.74, 6) is 1.11. The normalized spacial score (nSPS) is 16.4. The molecule has 3 heteroatoms. The highest BCUT2D eigenvalue weighted by atomic mass is 19.1. The van der Waals surface area contributed by atoms with Crippen molar-refractivity contribution in [3.8, 4) is 5.75 Å². The van der Waals surface area contributed by atoms with Crippen LogP contribution in [0.1, 0.15) is 31.2 Å². The quantitative estimate of drug-likeness (QED) is 0.849. The second-order valence-electron chi connectivity index (χ2n) is 4.74. The third kappa shape index (κ3) is 3.43. The molecule has 1 aromatic carbocycles. The van der Waals surface area contributed by atoms with Crippen molar-refractivity contribution >= 4 is 0 Å². The van der Waals surface area contributed by atoms with Gasteiger partial charge in [-0.2, -0.15) is 0 Å². The number of hydrogen-bond acceptors (Lipinski definition) is 2. The van der Waals surface area contributed by atoms with Crippen LogP contribution in [0.15, 0.2) is 18.2 Å². The smallest absolute Gasteiger partial charge is 0.126 e. The summed E-state index contributed by atoms with van der Waals surface area (Å²) in [6.07, 6.45) is 5.11. The molecule has 0 aliphatic heterocycles. The summed E-state index contributed by atoms with van der Waals surface area (Å²) in [5.41, 5.74) is 1.02. The molecule has 1 fully saturated rings. The molecule has 2 nitrogen and oxygen atoms in total. The van der Waals surface area contributed by atoms with E-state index in [4.69, 9.17) is 4.74 Å². The summed E-state index contributed by atoms with van der Waals surface area (Å²) in [6.45, 7) is 1.43. The van der Waals surface area contributed by atoms with Gasteiger partial charge in [-0.1, -0.05) is 18.9 Å². The zero-order valence-corrected chi connectivity index (χ0v) is 10.3. The van der Waals surface area contributed by atoms with E-state index in [1.807, 2.05) is 7.05 Å². The maximum atomic E-state index is 13.2. The van der Waals surface area contributed by atoms with E-state index < -0.39 is 0 Å². The van der Waals surface area contributed by atoms with Crippen molar-refractivity contribution in [2.75, 3.05) is 13.7 Å². The summed E-state index contributed by atoms with van der Waals surface area (Å²) >= 11 is 0. The molecule has 0 aromatic heterocycles. The van der Waals surface area contributed by atoms with Gasteiger partial charge in [0.2, 0.25) is 0 Å². The fourth-order valence-corrected chi connectivity index (χ4v) is 2.38. The van der Waals surface area contributed by atoms with Crippen molar-refractivity contribution in [1.29, 1.82) is 0 Å². The molecule has 1 aliphatic rings. The Morgan fingerprint density at radius 1 is 1.35 bits per heavy atom. The molecule has 94 valence electrons. The fourth-order valence-electron chi connectivity index (χ4n) is 2.38. The summed E-state index contributed by atoms with van der Waals surface area (Å²) in [4.78, 5) is 0. The maximum absolute atomic E-state index is 13.2. The van der Waals surface area contributed by atoms with E-state index in [1.165, 1.54) is 37.8 Å². The van der Waals surface area contributed by atoms with E-state index in [1.54, 1.807) is 6.07 Å². The molecule has 0 amide bonds. The molecule has 1 aliphatic carbocycles. The number of ether oxygens (including phenoxy) is 1. The average Bonchev–Trinajstić information content (AvgIpc) is 2.82. The van der Waals surface area contributed by atoms with Gasteiger partial charge in [0.05, 0.1) is 6.61 Å². The third-order valence-electron chi connectivity index (χ3n) is 3.35. The Morgan fingerprint density at radius 3 is 2.82 bits per heavy atom. The van der Waals surface area contributed by atoms with Crippen LogP contribution in [0.2, 0.25) is 0 Å². The highest BCUT2D eigenvalue weighted by molar-refractivity contribution is 5.34. The Morgan fingerprint density at radius 2 is 2.12 bits per heavy atom. The first-order valence-electron chi connectivity index (χ1n) is 6.35. The van der Waals surface area contributed by atoms with E-state index >= 15 is 0 Å². The lowest BCUT2D eigenvalue weighted by molar-refractivity contribution is 0.248. The van der Waals surface area contributed by atoms with Crippen LogP contribution >= 0.6 is 0 Å². The topological polar surface area (TPSA) is 21.3 Å². The number of nitrogens with one attached hydrogen (secondary N) is 1. The van der Waals surface area contributed by atoms with Gasteiger partial charge in [-0.3, -0.25) is 0 Å². The van der Waals surface area contributed by atoms with Crippen LogP contribution in [0.4, 0.5) is 4.39 Å². The second kappa shape index (κ2) is 6.01. The molecule has 2 rings (SSSR count). The average molecular weight is 237 g/mol. The minimum absolute atomic E-state index is 0.230. The molecule has 0 spiro atoms. The zero-order chi connectivity index (χ0) is 12.1. The van der Waals surface area contributed by atoms with E-state index in [0.717, 1.165) is 12.2 Å². The Bertz CT molecular complexity index is 361. The van der Waals surface area contributed by atoms with Crippen molar-refractivity contribution in [1.82, 2.24) is 5.32 Å². The second-order valence-corrected chi connectivity index (χ2v) is 4.74. The highest BCUT2D eigenvalue weighted by Gasteiger charge is 2.16. The van der Waals surface area contributed by atoms with Crippen molar-refractivity contribution in [3.05, 3.63) is 29.6 Å². The van der Waals surface area contributed by atoms with E-state index in [0.29, 0.717) is 18.2 Å². The zero-order valence-electron chi connectivity index (χ0n) is 10.3. The Balaban J connectivity index is 1.99. The van der Waals surface area contributed by atoms with Gasteiger partial charge in [-0.15, -0.1) is 0 Å². The van der Waals surface area contributed by atoms with Crippen molar-refractivity contribution in [2.24, 2.45) is 5.92 Å². The van der Waals surface area contributed by atoms with Gasteiger partial charge in [0, 0.05) is 18.2 Å². The molecule has 1 N–H and O–H groups in total. The number of benzene rings is 1. The molecule has 17 heavy (non-hydrogen) atoms. The predicted octanol–water partition coefficient (Wildman–Crippen LogP) is 3.11. The van der Waals surface area contributed by atoms with Gasteiger partial charge in [0.25, 0.3) is 0 Å². The molecule has 1 saturated carbocycles. The van der Waals surface area contributed by atoms with Crippen LogP contribution in [0, 0.1) is 11.7 Å². The maximum Gasteiger partial charge on any atom is 0.126 e. The molecule has 0 atom stereocenters. The molecular weight excluding hydrogens is 217 g/mol. The summed E-state index contributed by atoms with van der Waals surface area (Å²) in [6, 6.07) is 4.76. The molecule has 1 aromatic rings. The standard InChI is InChI=1S/C14H20FNO/c1-16-9-12-6-7-13(15)8-14(12)17-10-11-4-2-3-5-11/h6-8,11,16H,2-5,9-10H2,1H3. The number of halogens is 1. The van der Waals surface area contributed by atoms with Crippen LogP contribution in [0.5, 0.6) is 5.75 Å². The first-order valence-corrected chi connectivity index (χ1v) is 6.35. The molecule has 0 heterocycles. The van der Waals surface area contributed by atoms with Gasteiger partial charge in [-0.05, 0) is 31.9 Å². The van der Waals surface area contributed by atoms with Gasteiger partial charge in [-0.25, -0.2) is 4.39 Å². The first kappa shape index (κ1) is 12.4. The van der Waals surface area contributed by atoms with Crippen LogP contribution in [0.3, 0.4) is 0 Å². The highest BCUT2D eigenvalue weighted by Crippen LogP contribution is 2.27. The molecular formula is C14H20FNO. The van der Waals surface area contributed by atoms with Gasteiger partial charge >= 0.3 is 0 Å². The minimum atomic E-state index is -0.230. The Kier molecular flexibility index (Phi) is 4.37. The first-order chi connectivity index (χ1) is 8.29. The van der Waals surface area contributed by atoms with Gasteiger partial charge in [0.1, 0.15) is 11.6 Å². The summed E-state index contributed by atoms with van der Waals surface area (Å²) in [5, 5.41) is 3.07. The van der Waals surface area contributed by atoms with Gasteiger partial charge < -0.3 is 10.1 Å². The van der Waals surface area contributed by atoms with Crippen LogP contribution in [-0.2, 0) is 6.54 Å². The SMILES string of the molecule is CNCc1ccc(F)cc1OCC1CCCC1. The fraction of sp³-hybridized carbons (Fsp3) is 0.571. The van der Waals surface area contributed by atoms with Gasteiger partial charge in [0.15, 0.2) is 0 Å². The lowest BCUT2D eigenvalue weighted by Gasteiger charge is -2.14. The predicted molar refractivity (Wildman–Crippen MR) is 66.6 cm³/mol. The molecule has 0 radical (unpaired) electrons. The van der Waals surface area contributed by atoms with Crippen LogP contribution in [-0.4, -0.2) is 13.7 Å². The lowest BCUT2D eigenvalue weighted by Crippen LogP contribution is -2.12. The molecule has 0 unspecified atom stereocenters. The van der Waals surface area contributed by atoms with Crippen molar-refractivity contribution < 1.29 is 9.13 Å². The number of hydrogen-bond donors (Lipinski definition) is 1. The van der Waals surface area contributed by atoms with Crippen molar-refractivity contribution in [3.63, 3.8) is 0 Å². The Labute approximate surface area is 102 Å². The third-order valence-corrected chi connectivity index (χ3v) is 3.35. The lowest BCUT2D eigenvalue weighted by atomic mass is 10.1. The number of rotatable bonds is 5. The largest absolute Gasteiger partial charge is 0.493 e. The summed E-state index contributed by atoms with van der Waals surface area (Å²) in [7, 11) is 1.88. The summed E-state index contributed by atoms with van der Waals surface area (Å²) < 4.78 is 19.0. The van der Waals surface area contributed by atoms with Crippen molar-refractivity contribution in [2.45, 2.75) is 32.2 Å². The van der Waals surface area contributed by atoms with Crippen LogP contribution in [0.25, 0.3) is 0 Å². The van der Waals surface area contributed by atoms with Crippen LogP contribution < -0.4 is 10.1 Å². The molecule has 0 saturated heterocycles. The minimum Gasteiger partial charge on any atom is -0.493 e. The van der Waals surface area contributed by atoms with E-state index in [2.05, 4.69) is 5.32 Å². The Hall–Kier alpha value is -1.09. The van der Waals surface area contributed by atoms with E-state index in [9.17, 15) is 4.39 Å².